The van der Waals surface area contributed by atoms with Crippen molar-refractivity contribution in [1.29, 1.82) is 0 Å². The van der Waals surface area contributed by atoms with Crippen LogP contribution in [-0.2, 0) is 27.0 Å². The summed E-state index contributed by atoms with van der Waals surface area (Å²) in [6, 6.07) is 0. The Morgan fingerprint density at radius 3 is 1.33 bits per heavy atom. The second-order valence-corrected chi connectivity index (χ2v) is 0.971. The van der Waals surface area contributed by atoms with Gasteiger partial charge in [-0.25, -0.2) is 0 Å². The molecule has 0 saturated heterocycles. The third kappa shape index (κ3) is 11.0. The van der Waals surface area contributed by atoms with Crippen LogP contribution < -0.4 is 10.2 Å². The molecule has 0 bridgehead atoms. The Hall–Kier alpha value is -0.788. The predicted molar refractivity (Wildman–Crippen MR) is 19.2 cm³/mol. The molecule has 0 radical (unpaired) electrons. The summed E-state index contributed by atoms with van der Waals surface area (Å²) in [5.74, 6) is -3.09. The number of aliphatic carboxylic acids is 2. The predicted octanol–water partition coefficient (Wildman–Crippen LogP) is -2.96. The number of carboxylic acids is 2. The molecule has 0 amide bonds. The first-order valence-electron chi connectivity index (χ1n) is 1.73. The van der Waals surface area contributed by atoms with E-state index in [0.717, 1.165) is 0 Å². The van der Waals surface area contributed by atoms with E-state index in [-0.39, 0.29) is 17.4 Å². The van der Waals surface area contributed by atoms with E-state index in [2.05, 4.69) is 0 Å². The van der Waals surface area contributed by atoms with E-state index in [1.54, 1.807) is 0 Å². The smallest absolute Gasteiger partial charge is 0.545 e. The topological polar surface area (TPSA) is 80.3 Å². The molecule has 0 atom stereocenters. The molecule has 0 aliphatic rings. The van der Waals surface area contributed by atoms with Gasteiger partial charge in [-0.3, -0.25) is 0 Å². The molecule has 0 saturated carbocycles. The van der Waals surface area contributed by atoms with Crippen LogP contribution in [0.5, 0.6) is 0 Å². The van der Waals surface area contributed by atoms with Gasteiger partial charge in [-0.2, -0.15) is 0 Å². The largest absolute Gasteiger partial charge is 2.00 e. The van der Waals surface area contributed by atoms with Gasteiger partial charge < -0.3 is 19.8 Å². The van der Waals surface area contributed by atoms with Gasteiger partial charge >= 0.3 is 17.4 Å². The van der Waals surface area contributed by atoms with Crippen LogP contribution in [0.1, 0.15) is 0 Å². The molecule has 0 rings (SSSR count). The number of hydrogen-bond donors (Lipinski definition) is 0. The van der Waals surface area contributed by atoms with Crippen LogP contribution in [0.3, 0.4) is 0 Å². The Morgan fingerprint density at radius 2 is 1.22 bits per heavy atom. The molecular weight excluding hydrogens is 164 g/mol. The van der Waals surface area contributed by atoms with Gasteiger partial charge in [0.1, 0.15) is 0 Å². The van der Waals surface area contributed by atoms with Crippen molar-refractivity contribution in [2.45, 2.75) is 0 Å². The summed E-state index contributed by atoms with van der Waals surface area (Å²) < 4.78 is 0. The van der Waals surface area contributed by atoms with Gasteiger partial charge in [0.2, 0.25) is 0 Å². The van der Waals surface area contributed by atoms with Crippen molar-refractivity contribution in [3.8, 4) is 0 Å². The first kappa shape index (κ1) is 11.1. The Bertz CT molecular complexity index is 124. The zero-order chi connectivity index (χ0) is 6.57. The molecule has 0 aliphatic carbocycles. The molecule has 0 aliphatic heterocycles. The number of carbonyl (C=O) groups excluding carboxylic acids is 2. The molecule has 9 heavy (non-hydrogen) atoms. The van der Waals surface area contributed by atoms with Crippen molar-refractivity contribution in [2.75, 3.05) is 0 Å². The normalized spacial score (nSPS) is 8.44. The van der Waals surface area contributed by atoms with E-state index in [1.165, 1.54) is 0 Å². The zero-order valence-corrected chi connectivity index (χ0v) is 5.47. The van der Waals surface area contributed by atoms with Crippen molar-refractivity contribution in [3.63, 3.8) is 0 Å². The molecule has 5 heteroatoms. The Kier molecular flexibility index (Phi) is 6.58. The summed E-state index contributed by atoms with van der Waals surface area (Å²) >= 11 is 0. The third-order valence-corrected chi connectivity index (χ3v) is 0.355. The maximum absolute atomic E-state index is 9.41. The van der Waals surface area contributed by atoms with Gasteiger partial charge in [0.25, 0.3) is 0 Å². The maximum atomic E-state index is 9.41. The molecule has 4 nitrogen and oxygen atoms in total. The SMILES string of the molecule is O=C([O-])/C=C/C(=O)[O-].[Cr+2]. The number of hydrogen-bond acceptors (Lipinski definition) is 4. The second kappa shape index (κ2) is 5.35. The first-order chi connectivity index (χ1) is 3.63. The van der Waals surface area contributed by atoms with E-state index in [0.29, 0.717) is 12.2 Å². The van der Waals surface area contributed by atoms with Gasteiger partial charge in [-0.05, 0) is 12.2 Å². The minimum Gasteiger partial charge on any atom is -0.545 e. The number of rotatable bonds is 2. The van der Waals surface area contributed by atoms with Gasteiger partial charge in [0.05, 0.1) is 11.9 Å². The Morgan fingerprint density at radius 1 is 1.00 bits per heavy atom. The number of carboxylic acid groups (broad SMARTS) is 2. The zero-order valence-electron chi connectivity index (χ0n) is 4.20. The van der Waals surface area contributed by atoms with Crippen molar-refractivity contribution in [1.82, 2.24) is 0 Å². The van der Waals surface area contributed by atoms with Crippen LogP contribution >= 0.6 is 0 Å². The van der Waals surface area contributed by atoms with Crippen molar-refractivity contribution in [3.05, 3.63) is 12.2 Å². The molecule has 0 spiro atoms. The molecule has 0 unspecified atom stereocenters. The fourth-order valence-electron chi connectivity index (χ4n) is 0.136. The van der Waals surface area contributed by atoms with Crippen LogP contribution in [0.4, 0.5) is 0 Å². The first-order valence-corrected chi connectivity index (χ1v) is 1.73. The fraction of sp³-hybridized carbons (Fsp3) is 0. The van der Waals surface area contributed by atoms with E-state index in [9.17, 15) is 19.8 Å². The quantitative estimate of drug-likeness (QED) is 0.410. The van der Waals surface area contributed by atoms with Crippen LogP contribution in [0.15, 0.2) is 12.2 Å². The van der Waals surface area contributed by atoms with Crippen LogP contribution in [-0.4, -0.2) is 11.9 Å². The minimum atomic E-state index is -1.55. The monoisotopic (exact) mass is 166 g/mol. The summed E-state index contributed by atoms with van der Waals surface area (Å²) in [5.41, 5.74) is 0. The van der Waals surface area contributed by atoms with Crippen molar-refractivity contribution < 1.29 is 37.2 Å². The second-order valence-electron chi connectivity index (χ2n) is 0.971. The maximum Gasteiger partial charge on any atom is 2.00 e. The fourth-order valence-corrected chi connectivity index (χ4v) is 0.136. The van der Waals surface area contributed by atoms with E-state index >= 15 is 0 Å². The molecule has 0 aromatic carbocycles. The summed E-state index contributed by atoms with van der Waals surface area (Å²) in [7, 11) is 0. The summed E-state index contributed by atoms with van der Waals surface area (Å²) in [6.45, 7) is 0. The Labute approximate surface area is 61.9 Å². The van der Waals surface area contributed by atoms with E-state index < -0.39 is 11.9 Å². The van der Waals surface area contributed by atoms with Gasteiger partial charge in [0, 0.05) is 0 Å². The molecule has 0 N–H and O–H groups in total. The molecule has 0 aromatic rings. The van der Waals surface area contributed by atoms with Crippen molar-refractivity contribution in [2.24, 2.45) is 0 Å². The average Bonchev–Trinajstić information content (AvgIpc) is 1.61. The molecular formula is C4H2CrO4. The molecule has 48 valence electrons. The molecule has 0 aromatic heterocycles. The summed E-state index contributed by atoms with van der Waals surface area (Å²) in [6.07, 6.45) is 0.769. The van der Waals surface area contributed by atoms with Crippen LogP contribution in [0, 0.1) is 0 Å². The summed E-state index contributed by atoms with van der Waals surface area (Å²) in [4.78, 5) is 18.8. The van der Waals surface area contributed by atoms with Crippen molar-refractivity contribution >= 4 is 11.9 Å². The third-order valence-electron chi connectivity index (χ3n) is 0.355. The molecule has 0 fully saturated rings. The van der Waals surface area contributed by atoms with Crippen LogP contribution in [0.2, 0.25) is 0 Å². The number of carbonyl (C=O) groups is 2. The average molecular weight is 166 g/mol. The Balaban J connectivity index is 0. The van der Waals surface area contributed by atoms with Gasteiger partial charge in [-0.15, -0.1) is 0 Å². The van der Waals surface area contributed by atoms with E-state index in [1.807, 2.05) is 0 Å². The minimum absolute atomic E-state index is 0. The van der Waals surface area contributed by atoms with E-state index in [4.69, 9.17) is 0 Å². The van der Waals surface area contributed by atoms with Gasteiger partial charge in [0.15, 0.2) is 0 Å². The molecule has 0 heterocycles. The summed E-state index contributed by atoms with van der Waals surface area (Å²) in [5, 5.41) is 18.8. The van der Waals surface area contributed by atoms with Crippen LogP contribution in [0.25, 0.3) is 0 Å². The standard InChI is InChI=1S/C4H4O4.Cr/c5-3(6)1-2-4(7)8;/h1-2H,(H,5,6)(H,7,8);/q;+2/p-2/b2-1+;. The van der Waals surface area contributed by atoms with Gasteiger partial charge in [-0.1, -0.05) is 0 Å².